The molecule has 0 spiro atoms. The van der Waals surface area contributed by atoms with Crippen molar-refractivity contribution in [1.82, 2.24) is 0 Å². The molecule has 26 heavy (non-hydrogen) atoms. The van der Waals surface area contributed by atoms with E-state index in [1.54, 1.807) is 12.1 Å². The number of hydrogen-bond donors (Lipinski definition) is 0. The zero-order valence-electron chi connectivity index (χ0n) is 14.5. The maximum absolute atomic E-state index is 12.8. The highest BCUT2D eigenvalue weighted by Gasteiger charge is 2.12. The van der Waals surface area contributed by atoms with Gasteiger partial charge >= 0.3 is 0 Å². The van der Waals surface area contributed by atoms with Crippen LogP contribution in [0.15, 0.2) is 101 Å². The van der Waals surface area contributed by atoms with Crippen molar-refractivity contribution < 1.29 is 8.42 Å². The van der Waals surface area contributed by atoms with Crippen LogP contribution in [-0.2, 0) is 9.84 Å². The Morgan fingerprint density at radius 2 is 1.35 bits per heavy atom. The van der Waals surface area contributed by atoms with Gasteiger partial charge in [-0.25, -0.2) is 8.42 Å². The number of hydrogen-bond acceptors (Lipinski definition) is 2. The van der Waals surface area contributed by atoms with Gasteiger partial charge in [0.1, 0.15) is 0 Å². The third kappa shape index (κ3) is 4.58. The summed E-state index contributed by atoms with van der Waals surface area (Å²) in [6.45, 7) is 1.93. The number of sulfone groups is 1. The summed E-state index contributed by atoms with van der Waals surface area (Å²) < 4.78 is 25.7. The molecule has 0 aromatic heterocycles. The van der Waals surface area contributed by atoms with Crippen LogP contribution in [-0.4, -0.2) is 8.42 Å². The molecule has 0 N–H and O–H groups in total. The lowest BCUT2D eigenvalue weighted by atomic mass is 10.1. The lowest BCUT2D eigenvalue weighted by Gasteiger charge is -2.05. The van der Waals surface area contributed by atoms with Crippen molar-refractivity contribution >= 4 is 21.5 Å². The van der Waals surface area contributed by atoms with Gasteiger partial charge in [-0.1, -0.05) is 90.5 Å². The summed E-state index contributed by atoms with van der Waals surface area (Å²) in [4.78, 5) is 0.296. The van der Waals surface area contributed by atoms with Crippen molar-refractivity contribution in [3.63, 3.8) is 0 Å². The molecule has 3 heteroatoms. The van der Waals surface area contributed by atoms with E-state index in [1.165, 1.54) is 5.41 Å². The van der Waals surface area contributed by atoms with Crippen molar-refractivity contribution in [3.8, 4) is 0 Å². The summed E-state index contributed by atoms with van der Waals surface area (Å²) >= 11 is 0. The molecule has 2 nitrogen and oxygen atoms in total. The third-order valence-corrected chi connectivity index (χ3v) is 5.49. The molecular formula is C23H20O2S. The van der Waals surface area contributed by atoms with E-state index >= 15 is 0 Å². The molecule has 0 aliphatic heterocycles. The second-order valence-corrected chi connectivity index (χ2v) is 7.84. The highest BCUT2D eigenvalue weighted by atomic mass is 32.2. The molecule has 130 valence electrons. The van der Waals surface area contributed by atoms with E-state index in [4.69, 9.17) is 0 Å². The minimum atomic E-state index is -3.54. The van der Waals surface area contributed by atoms with E-state index in [2.05, 4.69) is 0 Å². The Bertz CT molecular complexity index is 1010. The Balaban J connectivity index is 2.04. The normalized spacial score (nSPS) is 12.4. The summed E-state index contributed by atoms with van der Waals surface area (Å²) in [7, 11) is -3.54. The van der Waals surface area contributed by atoms with Gasteiger partial charge in [0.05, 0.1) is 4.90 Å². The molecule has 0 saturated heterocycles. The number of aryl methyl sites for hydroxylation is 1. The van der Waals surface area contributed by atoms with E-state index < -0.39 is 9.84 Å². The van der Waals surface area contributed by atoms with Crippen LogP contribution in [0.3, 0.4) is 0 Å². The molecule has 0 aliphatic rings. The van der Waals surface area contributed by atoms with Crippen LogP contribution in [0.5, 0.6) is 0 Å². The Morgan fingerprint density at radius 1 is 0.769 bits per heavy atom. The fraction of sp³-hybridized carbons (Fsp3) is 0.0435. The quantitative estimate of drug-likeness (QED) is 0.561. The van der Waals surface area contributed by atoms with Gasteiger partial charge in [0.25, 0.3) is 0 Å². The van der Waals surface area contributed by atoms with Crippen LogP contribution >= 0.6 is 0 Å². The van der Waals surface area contributed by atoms with Crippen molar-refractivity contribution in [2.45, 2.75) is 11.8 Å². The van der Waals surface area contributed by atoms with E-state index in [9.17, 15) is 8.42 Å². The van der Waals surface area contributed by atoms with Crippen LogP contribution in [0.2, 0.25) is 0 Å². The molecule has 0 bridgehead atoms. The summed E-state index contributed by atoms with van der Waals surface area (Å²) in [5, 5.41) is 1.34. The molecule has 0 amide bonds. The lowest BCUT2D eigenvalue weighted by Crippen LogP contribution is -1.98. The number of benzene rings is 3. The van der Waals surface area contributed by atoms with E-state index in [0.29, 0.717) is 10.5 Å². The van der Waals surface area contributed by atoms with Crippen molar-refractivity contribution in [2.75, 3.05) is 0 Å². The van der Waals surface area contributed by atoms with Crippen molar-refractivity contribution in [3.05, 3.63) is 113 Å². The van der Waals surface area contributed by atoms with Gasteiger partial charge in [-0.15, -0.1) is 0 Å². The fourth-order valence-corrected chi connectivity index (χ4v) is 3.75. The lowest BCUT2D eigenvalue weighted by molar-refractivity contribution is 0.604. The molecular weight excluding hydrogens is 340 g/mol. The van der Waals surface area contributed by atoms with Crippen LogP contribution in [0.4, 0.5) is 0 Å². The molecule has 3 aromatic carbocycles. The minimum absolute atomic E-state index is 0.296. The van der Waals surface area contributed by atoms with Gasteiger partial charge in [0, 0.05) is 5.41 Å². The van der Waals surface area contributed by atoms with Crippen molar-refractivity contribution in [1.29, 1.82) is 0 Å². The summed E-state index contributed by atoms with van der Waals surface area (Å²) in [6, 6.07) is 26.3. The van der Waals surface area contributed by atoms with Crippen LogP contribution in [0.1, 0.15) is 16.7 Å². The van der Waals surface area contributed by atoms with Crippen LogP contribution in [0.25, 0.3) is 11.6 Å². The Morgan fingerprint density at radius 3 is 1.96 bits per heavy atom. The summed E-state index contributed by atoms with van der Waals surface area (Å²) in [5.74, 6) is 0. The molecule has 0 radical (unpaired) electrons. The SMILES string of the molecule is Cc1ccc(S(=O)(=O)/C=C(\C=C\c2ccccc2)c2ccccc2)cc1. The van der Waals surface area contributed by atoms with Gasteiger partial charge in [0.15, 0.2) is 9.84 Å². The maximum atomic E-state index is 12.8. The standard InChI is InChI=1S/C23H20O2S/c1-19-12-16-23(17-13-19)26(24,25)18-22(21-10-6-3-7-11-21)15-14-20-8-4-2-5-9-20/h2-18H,1H3/b15-14+,22-18+. The highest BCUT2D eigenvalue weighted by molar-refractivity contribution is 7.94. The van der Waals surface area contributed by atoms with E-state index in [-0.39, 0.29) is 0 Å². The zero-order chi connectivity index (χ0) is 18.4. The number of rotatable bonds is 5. The van der Waals surface area contributed by atoms with Crippen LogP contribution < -0.4 is 0 Å². The van der Waals surface area contributed by atoms with Gasteiger partial charge < -0.3 is 0 Å². The molecule has 0 fully saturated rings. The minimum Gasteiger partial charge on any atom is -0.219 e. The second-order valence-electron chi connectivity index (χ2n) is 6.04. The Labute approximate surface area is 155 Å². The zero-order valence-corrected chi connectivity index (χ0v) is 15.4. The third-order valence-electron chi connectivity index (χ3n) is 3.99. The first-order valence-electron chi connectivity index (χ1n) is 8.37. The van der Waals surface area contributed by atoms with Crippen LogP contribution in [0, 0.1) is 6.92 Å². The Hall–Kier alpha value is -2.91. The second kappa shape index (κ2) is 7.98. The fourth-order valence-electron chi connectivity index (χ4n) is 2.55. The van der Waals surface area contributed by atoms with E-state index in [1.807, 2.05) is 91.9 Å². The van der Waals surface area contributed by atoms with Gasteiger partial charge in [-0.2, -0.15) is 0 Å². The molecule has 0 unspecified atom stereocenters. The average molecular weight is 360 g/mol. The highest BCUT2D eigenvalue weighted by Crippen LogP contribution is 2.22. The molecule has 0 saturated carbocycles. The first kappa shape index (κ1) is 17.9. The van der Waals surface area contributed by atoms with Crippen molar-refractivity contribution in [2.24, 2.45) is 0 Å². The predicted octanol–water partition coefficient (Wildman–Crippen LogP) is 5.52. The average Bonchev–Trinajstić information content (AvgIpc) is 2.67. The molecule has 0 aliphatic carbocycles. The molecule has 0 heterocycles. The van der Waals surface area contributed by atoms with Gasteiger partial charge in [-0.3, -0.25) is 0 Å². The first-order valence-corrected chi connectivity index (χ1v) is 9.91. The van der Waals surface area contributed by atoms with Gasteiger partial charge in [0.2, 0.25) is 0 Å². The largest absolute Gasteiger partial charge is 0.219 e. The smallest absolute Gasteiger partial charge is 0.200 e. The molecule has 3 rings (SSSR count). The molecule has 3 aromatic rings. The first-order chi connectivity index (χ1) is 12.5. The summed E-state index contributed by atoms with van der Waals surface area (Å²) in [5.41, 5.74) is 3.55. The van der Waals surface area contributed by atoms with E-state index in [0.717, 1.165) is 16.7 Å². The monoisotopic (exact) mass is 360 g/mol. The maximum Gasteiger partial charge on any atom is 0.200 e. The van der Waals surface area contributed by atoms with Gasteiger partial charge in [-0.05, 0) is 35.8 Å². The summed E-state index contributed by atoms with van der Waals surface area (Å²) in [6.07, 6.45) is 3.76. The number of allylic oxidation sites excluding steroid dienone is 2. The Kier molecular flexibility index (Phi) is 5.49. The molecule has 0 atom stereocenters. The predicted molar refractivity (Wildman–Crippen MR) is 108 cm³/mol. The topological polar surface area (TPSA) is 34.1 Å².